The zero-order chi connectivity index (χ0) is 24.9. The van der Waals surface area contributed by atoms with Gasteiger partial charge in [-0.2, -0.15) is 0 Å². The van der Waals surface area contributed by atoms with Gasteiger partial charge in [0.25, 0.3) is 0 Å². The van der Waals surface area contributed by atoms with Crippen molar-refractivity contribution >= 4 is 23.3 Å². The molecule has 1 fully saturated rings. The summed E-state index contributed by atoms with van der Waals surface area (Å²) in [5.74, 6) is 0.673. The highest BCUT2D eigenvalue weighted by Crippen LogP contribution is 2.25. The van der Waals surface area contributed by atoms with E-state index in [2.05, 4.69) is 38.2 Å². The van der Waals surface area contributed by atoms with Crippen molar-refractivity contribution in [2.75, 3.05) is 30.4 Å². The number of ether oxygens (including phenoxy) is 1. The van der Waals surface area contributed by atoms with Gasteiger partial charge >= 0.3 is 6.03 Å². The van der Waals surface area contributed by atoms with E-state index in [0.29, 0.717) is 18.8 Å². The summed E-state index contributed by atoms with van der Waals surface area (Å²) in [4.78, 5) is 29.5. The van der Waals surface area contributed by atoms with Gasteiger partial charge in [-0.3, -0.25) is 9.69 Å². The molecule has 6 heteroatoms. The highest BCUT2D eigenvalue weighted by molar-refractivity contribution is 5.94. The first-order valence-corrected chi connectivity index (χ1v) is 12.0. The number of benzene rings is 3. The first kappa shape index (κ1) is 24.3. The molecule has 35 heavy (non-hydrogen) atoms. The smallest absolute Gasteiger partial charge is 0.324 e. The molecule has 1 aliphatic heterocycles. The van der Waals surface area contributed by atoms with Crippen molar-refractivity contribution in [2.45, 2.75) is 40.2 Å². The van der Waals surface area contributed by atoms with E-state index in [0.717, 1.165) is 30.0 Å². The second kappa shape index (κ2) is 10.6. The summed E-state index contributed by atoms with van der Waals surface area (Å²) in [6.45, 7) is 8.38. The van der Waals surface area contributed by atoms with Gasteiger partial charge in [0, 0.05) is 31.0 Å². The molecule has 3 aromatic carbocycles. The summed E-state index contributed by atoms with van der Waals surface area (Å²) < 4.78 is 5.16. The van der Waals surface area contributed by atoms with E-state index in [-0.39, 0.29) is 18.4 Å². The minimum absolute atomic E-state index is 0.0203. The minimum atomic E-state index is -0.0908. The Morgan fingerprint density at radius 1 is 0.943 bits per heavy atom. The van der Waals surface area contributed by atoms with Crippen molar-refractivity contribution < 1.29 is 14.3 Å². The number of amides is 3. The molecular weight excluding hydrogens is 438 g/mol. The van der Waals surface area contributed by atoms with Crippen LogP contribution < -0.4 is 15.0 Å². The fourth-order valence-corrected chi connectivity index (χ4v) is 4.68. The topological polar surface area (TPSA) is 61.9 Å². The largest absolute Gasteiger partial charge is 0.497 e. The predicted octanol–water partition coefficient (Wildman–Crippen LogP) is 5.63. The maximum absolute atomic E-state index is 13.3. The monoisotopic (exact) mass is 471 g/mol. The number of nitrogens with one attached hydrogen (secondary N) is 1. The van der Waals surface area contributed by atoms with E-state index < -0.39 is 0 Å². The Morgan fingerprint density at radius 2 is 1.60 bits per heavy atom. The Kier molecular flexibility index (Phi) is 7.39. The number of nitrogens with zero attached hydrogens (tertiary/aromatic N) is 2. The average molecular weight is 472 g/mol. The predicted molar refractivity (Wildman–Crippen MR) is 140 cm³/mol. The number of aryl methyl sites for hydroxylation is 3. The highest BCUT2D eigenvalue weighted by Gasteiger charge is 2.27. The number of anilines is 2. The molecule has 1 aliphatic rings. The molecule has 3 amide bonds. The van der Waals surface area contributed by atoms with Crippen LogP contribution >= 0.6 is 0 Å². The molecule has 1 saturated heterocycles. The van der Waals surface area contributed by atoms with Gasteiger partial charge < -0.3 is 15.0 Å². The van der Waals surface area contributed by atoms with E-state index in [1.165, 1.54) is 22.3 Å². The Hall–Kier alpha value is -3.80. The third kappa shape index (κ3) is 5.83. The summed E-state index contributed by atoms with van der Waals surface area (Å²) in [6.07, 6.45) is 1.19. The lowest BCUT2D eigenvalue weighted by Crippen LogP contribution is -2.49. The average Bonchev–Trinajstić information content (AvgIpc) is 2.83. The molecule has 182 valence electrons. The maximum atomic E-state index is 13.3. The number of hydrogen-bond acceptors (Lipinski definition) is 3. The molecule has 0 aromatic heterocycles. The minimum Gasteiger partial charge on any atom is -0.497 e. The Labute approximate surface area is 207 Å². The zero-order valence-corrected chi connectivity index (χ0v) is 20.9. The van der Waals surface area contributed by atoms with E-state index >= 15 is 0 Å². The molecule has 0 saturated carbocycles. The SMILES string of the molecule is COc1ccc(CC(=O)Nc2ccc(N3CCCN(Cc4c(C)cc(C)cc4C)C3=O)cc2)cc1. The van der Waals surface area contributed by atoms with Crippen molar-refractivity contribution in [3.63, 3.8) is 0 Å². The van der Waals surface area contributed by atoms with Crippen molar-refractivity contribution in [3.05, 3.63) is 88.5 Å². The molecular formula is C29H33N3O3. The van der Waals surface area contributed by atoms with Gasteiger partial charge in [-0.15, -0.1) is 0 Å². The summed E-state index contributed by atoms with van der Waals surface area (Å²) in [6, 6.07) is 19.3. The molecule has 0 unspecified atom stereocenters. The van der Waals surface area contributed by atoms with Gasteiger partial charge in [-0.1, -0.05) is 29.8 Å². The highest BCUT2D eigenvalue weighted by atomic mass is 16.5. The van der Waals surface area contributed by atoms with Crippen LogP contribution in [-0.4, -0.2) is 37.0 Å². The van der Waals surface area contributed by atoms with Gasteiger partial charge in [-0.05, 0) is 85.8 Å². The van der Waals surface area contributed by atoms with Crippen molar-refractivity contribution in [3.8, 4) is 5.75 Å². The summed E-state index contributed by atoms with van der Waals surface area (Å²) in [5, 5.41) is 2.93. The van der Waals surface area contributed by atoms with Crippen LogP contribution in [0.25, 0.3) is 0 Å². The van der Waals surface area contributed by atoms with Crippen molar-refractivity contribution in [2.24, 2.45) is 0 Å². The number of methoxy groups -OCH3 is 1. The van der Waals surface area contributed by atoms with Gasteiger partial charge in [0.2, 0.25) is 5.91 Å². The molecule has 0 aliphatic carbocycles. The first-order chi connectivity index (χ1) is 16.8. The second-order valence-electron chi connectivity index (χ2n) is 9.21. The number of carbonyl (C=O) groups excluding carboxylic acids is 2. The van der Waals surface area contributed by atoms with Crippen LogP contribution in [0.4, 0.5) is 16.2 Å². The van der Waals surface area contributed by atoms with Crippen LogP contribution in [0.1, 0.15) is 34.2 Å². The van der Waals surface area contributed by atoms with E-state index in [4.69, 9.17) is 4.74 Å². The molecule has 0 atom stereocenters. The van der Waals surface area contributed by atoms with Crippen LogP contribution in [0.5, 0.6) is 5.75 Å². The Morgan fingerprint density at radius 3 is 2.23 bits per heavy atom. The standard InChI is InChI=1S/C29H33N3O3/c1-20-16-21(2)27(22(3)17-20)19-31-14-5-15-32(29(31)34)25-10-8-24(9-11-25)30-28(33)18-23-6-12-26(35-4)13-7-23/h6-13,16-17H,5,14-15,18-19H2,1-4H3,(H,30,33). The van der Waals surface area contributed by atoms with E-state index in [1.807, 2.05) is 58.3 Å². The molecule has 4 rings (SSSR count). The van der Waals surface area contributed by atoms with Crippen molar-refractivity contribution in [1.82, 2.24) is 4.90 Å². The molecule has 1 heterocycles. The van der Waals surface area contributed by atoms with Gasteiger partial charge in [0.1, 0.15) is 5.75 Å². The fraction of sp³-hybridized carbons (Fsp3) is 0.310. The molecule has 0 spiro atoms. The number of urea groups is 1. The van der Waals surface area contributed by atoms with Crippen LogP contribution in [-0.2, 0) is 17.8 Å². The number of rotatable bonds is 7. The fourth-order valence-electron chi connectivity index (χ4n) is 4.68. The summed E-state index contributed by atoms with van der Waals surface area (Å²) in [5.41, 5.74) is 7.37. The van der Waals surface area contributed by atoms with Crippen molar-refractivity contribution in [1.29, 1.82) is 0 Å². The van der Waals surface area contributed by atoms with Crippen LogP contribution in [0.2, 0.25) is 0 Å². The molecule has 0 radical (unpaired) electrons. The lowest BCUT2D eigenvalue weighted by atomic mass is 9.99. The third-order valence-corrected chi connectivity index (χ3v) is 6.49. The quantitative estimate of drug-likeness (QED) is 0.486. The number of carbonyl (C=O) groups is 2. The molecule has 6 nitrogen and oxygen atoms in total. The van der Waals surface area contributed by atoms with Crippen LogP contribution in [0.15, 0.2) is 60.7 Å². The Bertz CT molecular complexity index is 1180. The number of hydrogen-bond donors (Lipinski definition) is 1. The normalized spacial score (nSPS) is 13.7. The molecule has 1 N–H and O–H groups in total. The van der Waals surface area contributed by atoms with Gasteiger partial charge in [-0.25, -0.2) is 4.79 Å². The Balaban J connectivity index is 1.39. The van der Waals surface area contributed by atoms with E-state index in [9.17, 15) is 9.59 Å². The molecule has 3 aromatic rings. The van der Waals surface area contributed by atoms with E-state index in [1.54, 1.807) is 7.11 Å². The second-order valence-corrected chi connectivity index (χ2v) is 9.21. The first-order valence-electron chi connectivity index (χ1n) is 12.0. The van der Waals surface area contributed by atoms with Gasteiger partial charge in [0.05, 0.1) is 13.5 Å². The van der Waals surface area contributed by atoms with Crippen LogP contribution in [0.3, 0.4) is 0 Å². The summed E-state index contributed by atoms with van der Waals surface area (Å²) >= 11 is 0. The molecule has 0 bridgehead atoms. The third-order valence-electron chi connectivity index (χ3n) is 6.49. The lowest BCUT2D eigenvalue weighted by Gasteiger charge is -2.36. The zero-order valence-electron chi connectivity index (χ0n) is 20.9. The lowest BCUT2D eigenvalue weighted by molar-refractivity contribution is -0.115. The van der Waals surface area contributed by atoms with Gasteiger partial charge in [0.15, 0.2) is 0 Å². The maximum Gasteiger partial charge on any atom is 0.324 e. The summed E-state index contributed by atoms with van der Waals surface area (Å²) in [7, 11) is 1.62. The van der Waals surface area contributed by atoms with Crippen LogP contribution in [0, 0.1) is 20.8 Å².